The predicted molar refractivity (Wildman–Crippen MR) is 43.4 cm³/mol. The number of urea groups is 1. The summed E-state index contributed by atoms with van der Waals surface area (Å²) in [4.78, 5) is 10.8. The van der Waals surface area contributed by atoms with Crippen molar-refractivity contribution < 1.29 is 4.79 Å². The van der Waals surface area contributed by atoms with E-state index in [4.69, 9.17) is 0 Å². The summed E-state index contributed by atoms with van der Waals surface area (Å²) in [6, 6.07) is -0.0561. The summed E-state index contributed by atoms with van der Waals surface area (Å²) < 4.78 is 0. The fourth-order valence-corrected chi connectivity index (χ4v) is 0.953. The van der Waals surface area contributed by atoms with Crippen LogP contribution in [0.2, 0.25) is 0 Å². The molecule has 0 spiro atoms. The van der Waals surface area contributed by atoms with Gasteiger partial charge in [0.15, 0.2) is 0 Å². The predicted octanol–water partition coefficient (Wildman–Crippen LogP) is -0.475. The van der Waals surface area contributed by atoms with Gasteiger partial charge in [0.05, 0.1) is 0 Å². The van der Waals surface area contributed by atoms with E-state index in [9.17, 15) is 4.79 Å². The van der Waals surface area contributed by atoms with Crippen molar-refractivity contribution in [3.8, 4) is 0 Å². The van der Waals surface area contributed by atoms with Crippen molar-refractivity contribution in [1.29, 1.82) is 0 Å². The normalized spacial score (nSPS) is 17.2. The highest BCUT2D eigenvalue weighted by Crippen LogP contribution is 1.98. The van der Waals surface area contributed by atoms with Crippen LogP contribution in [0.15, 0.2) is 0 Å². The quantitative estimate of drug-likeness (QED) is 0.518. The third-order valence-electron chi connectivity index (χ3n) is 1.75. The highest BCUT2D eigenvalue weighted by atomic mass is 16.2. The molecule has 1 fully saturated rings. The molecular weight excluding hydrogens is 142 g/mol. The van der Waals surface area contributed by atoms with Crippen molar-refractivity contribution in [3.05, 3.63) is 0 Å². The van der Waals surface area contributed by atoms with Crippen LogP contribution in [0.3, 0.4) is 0 Å². The highest BCUT2D eigenvalue weighted by Gasteiger charge is 2.16. The molecular formula is C7H15N3O. The van der Waals surface area contributed by atoms with Gasteiger partial charge in [-0.05, 0) is 6.92 Å². The SMILES string of the molecule is CCNC(=O)NCC1CNC1. The maximum absolute atomic E-state index is 10.8. The second kappa shape index (κ2) is 4.18. The molecule has 1 rings (SSSR count). The Morgan fingerprint density at radius 3 is 2.73 bits per heavy atom. The molecule has 4 heteroatoms. The van der Waals surface area contributed by atoms with Crippen LogP contribution in [0, 0.1) is 5.92 Å². The van der Waals surface area contributed by atoms with E-state index in [-0.39, 0.29) is 6.03 Å². The molecule has 0 aromatic carbocycles. The summed E-state index contributed by atoms with van der Waals surface area (Å²) in [6.07, 6.45) is 0. The Morgan fingerprint density at radius 1 is 1.55 bits per heavy atom. The van der Waals surface area contributed by atoms with E-state index in [2.05, 4.69) is 16.0 Å². The maximum Gasteiger partial charge on any atom is 0.314 e. The Kier molecular flexibility index (Phi) is 3.16. The summed E-state index contributed by atoms with van der Waals surface area (Å²) in [7, 11) is 0. The zero-order valence-corrected chi connectivity index (χ0v) is 6.81. The molecule has 2 amide bonds. The first-order chi connectivity index (χ1) is 5.33. The van der Waals surface area contributed by atoms with Crippen LogP contribution >= 0.6 is 0 Å². The van der Waals surface area contributed by atoms with E-state index in [0.717, 1.165) is 19.6 Å². The van der Waals surface area contributed by atoms with Crippen molar-refractivity contribution in [2.24, 2.45) is 5.92 Å². The summed E-state index contributed by atoms with van der Waals surface area (Å²) in [5, 5.41) is 8.62. The molecule has 3 N–H and O–H groups in total. The van der Waals surface area contributed by atoms with Gasteiger partial charge in [-0.1, -0.05) is 0 Å². The number of carbonyl (C=O) groups is 1. The third-order valence-corrected chi connectivity index (χ3v) is 1.75. The second-order valence-corrected chi connectivity index (χ2v) is 2.76. The van der Waals surface area contributed by atoms with E-state index >= 15 is 0 Å². The van der Waals surface area contributed by atoms with E-state index in [1.54, 1.807) is 0 Å². The van der Waals surface area contributed by atoms with E-state index in [1.807, 2.05) is 6.92 Å². The number of carbonyl (C=O) groups excluding carboxylic acids is 1. The molecule has 0 aromatic heterocycles. The lowest BCUT2D eigenvalue weighted by Gasteiger charge is -2.26. The second-order valence-electron chi connectivity index (χ2n) is 2.76. The molecule has 1 aliphatic heterocycles. The van der Waals surface area contributed by atoms with Crippen molar-refractivity contribution in [3.63, 3.8) is 0 Å². The lowest BCUT2D eigenvalue weighted by molar-refractivity contribution is 0.236. The van der Waals surface area contributed by atoms with Crippen molar-refractivity contribution in [1.82, 2.24) is 16.0 Å². The lowest BCUT2D eigenvalue weighted by Crippen LogP contribution is -2.49. The molecule has 1 saturated heterocycles. The standard InChI is InChI=1S/C7H15N3O/c1-2-9-7(11)10-5-6-3-8-4-6/h6,8H,2-5H2,1H3,(H2,9,10,11). The Bertz CT molecular complexity index is 134. The first-order valence-corrected chi connectivity index (χ1v) is 4.05. The Morgan fingerprint density at radius 2 is 2.27 bits per heavy atom. The van der Waals surface area contributed by atoms with Gasteiger partial charge in [0.25, 0.3) is 0 Å². The Balaban J connectivity index is 1.96. The zero-order chi connectivity index (χ0) is 8.10. The van der Waals surface area contributed by atoms with E-state index < -0.39 is 0 Å². The Labute approximate surface area is 66.7 Å². The largest absolute Gasteiger partial charge is 0.338 e. The number of hydrogen-bond acceptors (Lipinski definition) is 2. The van der Waals surface area contributed by atoms with Gasteiger partial charge in [0, 0.05) is 32.1 Å². The number of nitrogens with one attached hydrogen (secondary N) is 3. The van der Waals surface area contributed by atoms with Gasteiger partial charge in [-0.25, -0.2) is 4.79 Å². The average molecular weight is 157 g/mol. The van der Waals surface area contributed by atoms with Gasteiger partial charge in [-0.15, -0.1) is 0 Å². The van der Waals surface area contributed by atoms with Gasteiger partial charge < -0.3 is 16.0 Å². The fourth-order valence-electron chi connectivity index (χ4n) is 0.953. The summed E-state index contributed by atoms with van der Waals surface area (Å²) in [5.41, 5.74) is 0. The zero-order valence-electron chi connectivity index (χ0n) is 6.81. The van der Waals surface area contributed by atoms with Crippen LogP contribution in [0.1, 0.15) is 6.92 Å². The highest BCUT2D eigenvalue weighted by molar-refractivity contribution is 5.73. The molecule has 0 radical (unpaired) electrons. The smallest absolute Gasteiger partial charge is 0.314 e. The molecule has 0 saturated carbocycles. The first-order valence-electron chi connectivity index (χ1n) is 4.05. The molecule has 4 nitrogen and oxygen atoms in total. The minimum absolute atomic E-state index is 0.0561. The molecule has 64 valence electrons. The van der Waals surface area contributed by atoms with Gasteiger partial charge in [-0.3, -0.25) is 0 Å². The molecule has 1 heterocycles. The van der Waals surface area contributed by atoms with Crippen LogP contribution in [0.25, 0.3) is 0 Å². The third kappa shape index (κ3) is 2.76. The van der Waals surface area contributed by atoms with Crippen LogP contribution in [0.5, 0.6) is 0 Å². The summed E-state index contributed by atoms with van der Waals surface area (Å²) in [6.45, 7) is 5.46. The number of hydrogen-bond donors (Lipinski definition) is 3. The molecule has 0 aromatic rings. The fraction of sp³-hybridized carbons (Fsp3) is 0.857. The molecule has 0 aliphatic carbocycles. The van der Waals surface area contributed by atoms with Gasteiger partial charge in [-0.2, -0.15) is 0 Å². The molecule has 11 heavy (non-hydrogen) atoms. The van der Waals surface area contributed by atoms with Crippen LogP contribution in [0.4, 0.5) is 4.79 Å². The number of amides is 2. The minimum atomic E-state index is -0.0561. The summed E-state index contributed by atoms with van der Waals surface area (Å²) >= 11 is 0. The molecule has 0 unspecified atom stereocenters. The van der Waals surface area contributed by atoms with Crippen molar-refractivity contribution in [2.75, 3.05) is 26.2 Å². The van der Waals surface area contributed by atoms with Crippen molar-refractivity contribution in [2.45, 2.75) is 6.92 Å². The number of rotatable bonds is 3. The van der Waals surface area contributed by atoms with Gasteiger partial charge in [0.1, 0.15) is 0 Å². The van der Waals surface area contributed by atoms with Gasteiger partial charge >= 0.3 is 6.03 Å². The molecule has 1 aliphatic rings. The Hall–Kier alpha value is -0.770. The van der Waals surface area contributed by atoms with E-state index in [0.29, 0.717) is 12.5 Å². The average Bonchev–Trinajstić information content (AvgIpc) is 1.85. The van der Waals surface area contributed by atoms with Crippen LogP contribution in [-0.2, 0) is 0 Å². The monoisotopic (exact) mass is 157 g/mol. The maximum atomic E-state index is 10.8. The molecule has 0 bridgehead atoms. The minimum Gasteiger partial charge on any atom is -0.338 e. The first kappa shape index (κ1) is 8.33. The lowest BCUT2D eigenvalue weighted by atomic mass is 10.0. The van der Waals surface area contributed by atoms with Gasteiger partial charge in [0.2, 0.25) is 0 Å². The van der Waals surface area contributed by atoms with Crippen LogP contribution < -0.4 is 16.0 Å². The summed E-state index contributed by atoms with van der Waals surface area (Å²) in [5.74, 6) is 0.637. The van der Waals surface area contributed by atoms with E-state index in [1.165, 1.54) is 0 Å². The van der Waals surface area contributed by atoms with Crippen LogP contribution in [-0.4, -0.2) is 32.2 Å². The topological polar surface area (TPSA) is 53.2 Å². The molecule has 0 atom stereocenters. The van der Waals surface area contributed by atoms with Crippen molar-refractivity contribution >= 4 is 6.03 Å².